The molecular formula is C9H14N2OS2. The summed E-state index contributed by atoms with van der Waals surface area (Å²) in [5.74, 6) is 4.89. The minimum atomic E-state index is -0.110. The van der Waals surface area contributed by atoms with Gasteiger partial charge >= 0.3 is 0 Å². The zero-order chi connectivity index (χ0) is 10.6. The molecule has 0 fully saturated rings. The van der Waals surface area contributed by atoms with Gasteiger partial charge in [-0.2, -0.15) is 0 Å². The van der Waals surface area contributed by atoms with E-state index in [4.69, 9.17) is 5.84 Å². The highest BCUT2D eigenvalue weighted by molar-refractivity contribution is 8.01. The molecule has 3 N–H and O–H groups in total. The van der Waals surface area contributed by atoms with Crippen LogP contribution in [0.4, 0.5) is 0 Å². The Labute approximate surface area is 92.0 Å². The van der Waals surface area contributed by atoms with E-state index in [1.807, 2.05) is 25.3 Å². The molecule has 0 radical (unpaired) electrons. The van der Waals surface area contributed by atoms with Crippen LogP contribution in [-0.4, -0.2) is 11.2 Å². The number of hydrazine groups is 1. The van der Waals surface area contributed by atoms with E-state index in [1.165, 1.54) is 4.21 Å². The lowest BCUT2D eigenvalue weighted by molar-refractivity contribution is -0.124. The Morgan fingerprint density at radius 3 is 2.86 bits per heavy atom. The van der Waals surface area contributed by atoms with E-state index < -0.39 is 0 Å². The Hall–Kier alpha value is -0.520. The average Bonchev–Trinajstić information content (AvgIpc) is 2.68. The number of nitrogens with one attached hydrogen (secondary N) is 1. The summed E-state index contributed by atoms with van der Waals surface area (Å²) in [4.78, 5) is 11.2. The van der Waals surface area contributed by atoms with Crippen LogP contribution >= 0.6 is 23.1 Å². The Morgan fingerprint density at radius 1 is 1.64 bits per heavy atom. The third-order valence-electron chi connectivity index (χ3n) is 2.06. The molecule has 3 nitrogen and oxygen atoms in total. The first-order valence-electron chi connectivity index (χ1n) is 4.35. The highest BCUT2D eigenvalue weighted by Crippen LogP contribution is 2.31. The zero-order valence-corrected chi connectivity index (χ0v) is 9.82. The fourth-order valence-electron chi connectivity index (χ4n) is 0.960. The number of carbonyl (C=O) groups is 1. The van der Waals surface area contributed by atoms with Crippen LogP contribution in [-0.2, 0) is 4.79 Å². The van der Waals surface area contributed by atoms with E-state index >= 15 is 0 Å². The van der Waals surface area contributed by atoms with E-state index in [-0.39, 0.29) is 17.1 Å². The van der Waals surface area contributed by atoms with E-state index in [2.05, 4.69) is 11.5 Å². The van der Waals surface area contributed by atoms with Crippen LogP contribution in [0, 0.1) is 5.92 Å². The molecule has 78 valence electrons. The van der Waals surface area contributed by atoms with Crippen LogP contribution in [0.1, 0.15) is 13.8 Å². The summed E-state index contributed by atoms with van der Waals surface area (Å²) >= 11 is 3.39. The zero-order valence-electron chi connectivity index (χ0n) is 8.19. The standard InChI is InChI=1S/C9H14N2OS2/c1-6(9(12)11-10)7(2)14-8-4-3-5-13-8/h3-7H,10H2,1-2H3,(H,11,12). The van der Waals surface area contributed by atoms with Crippen molar-refractivity contribution in [1.82, 2.24) is 5.43 Å². The van der Waals surface area contributed by atoms with Gasteiger partial charge in [0.2, 0.25) is 5.91 Å². The highest BCUT2D eigenvalue weighted by Gasteiger charge is 2.20. The summed E-state index contributed by atoms with van der Waals surface area (Å²) in [5, 5.41) is 2.26. The summed E-state index contributed by atoms with van der Waals surface area (Å²) in [6.07, 6.45) is 0. The van der Waals surface area contributed by atoms with Crippen molar-refractivity contribution in [3.8, 4) is 0 Å². The van der Waals surface area contributed by atoms with Gasteiger partial charge < -0.3 is 0 Å². The highest BCUT2D eigenvalue weighted by atomic mass is 32.2. The molecular weight excluding hydrogens is 216 g/mol. The van der Waals surface area contributed by atoms with Crippen molar-refractivity contribution in [2.75, 3.05) is 0 Å². The quantitative estimate of drug-likeness (QED) is 0.359. The fourth-order valence-corrected chi connectivity index (χ4v) is 3.10. The summed E-state index contributed by atoms with van der Waals surface area (Å²) in [7, 11) is 0. The van der Waals surface area contributed by atoms with Gasteiger partial charge in [-0.15, -0.1) is 23.1 Å². The number of thioether (sulfide) groups is 1. The number of nitrogens with two attached hydrogens (primary N) is 1. The monoisotopic (exact) mass is 230 g/mol. The second-order valence-electron chi connectivity index (χ2n) is 3.05. The van der Waals surface area contributed by atoms with Gasteiger partial charge in [-0.1, -0.05) is 19.9 Å². The van der Waals surface area contributed by atoms with Gasteiger partial charge in [-0.05, 0) is 11.4 Å². The lowest BCUT2D eigenvalue weighted by atomic mass is 10.1. The van der Waals surface area contributed by atoms with Gasteiger partial charge in [0.25, 0.3) is 0 Å². The van der Waals surface area contributed by atoms with Crippen LogP contribution in [0.2, 0.25) is 0 Å². The maximum atomic E-state index is 11.2. The molecule has 2 atom stereocenters. The first-order valence-corrected chi connectivity index (χ1v) is 6.11. The molecule has 0 saturated heterocycles. The van der Waals surface area contributed by atoms with Gasteiger partial charge in [-0.25, -0.2) is 5.84 Å². The second-order valence-corrected chi connectivity index (χ2v) is 5.68. The van der Waals surface area contributed by atoms with E-state index in [0.29, 0.717) is 0 Å². The van der Waals surface area contributed by atoms with Crippen LogP contribution in [0.25, 0.3) is 0 Å². The fraction of sp³-hybridized carbons (Fsp3) is 0.444. The summed E-state index contributed by atoms with van der Waals surface area (Å²) in [5.41, 5.74) is 2.18. The van der Waals surface area contributed by atoms with Gasteiger partial charge in [0.15, 0.2) is 0 Å². The van der Waals surface area contributed by atoms with Gasteiger partial charge in [0, 0.05) is 11.2 Å². The molecule has 0 aliphatic heterocycles. The largest absolute Gasteiger partial charge is 0.294 e. The van der Waals surface area contributed by atoms with Crippen molar-refractivity contribution >= 4 is 29.0 Å². The summed E-state index contributed by atoms with van der Waals surface area (Å²) in [6, 6.07) is 4.06. The topological polar surface area (TPSA) is 55.1 Å². The molecule has 0 aliphatic carbocycles. The third-order valence-corrected chi connectivity index (χ3v) is 4.44. The predicted molar refractivity (Wildman–Crippen MR) is 61.1 cm³/mol. The smallest absolute Gasteiger partial charge is 0.237 e. The summed E-state index contributed by atoms with van der Waals surface area (Å²) < 4.78 is 1.23. The van der Waals surface area contributed by atoms with Crippen LogP contribution in [0.5, 0.6) is 0 Å². The molecule has 1 rings (SSSR count). The lowest BCUT2D eigenvalue weighted by Crippen LogP contribution is -2.38. The molecule has 2 unspecified atom stereocenters. The van der Waals surface area contributed by atoms with Crippen molar-refractivity contribution in [3.05, 3.63) is 17.5 Å². The number of thiophene rings is 1. The first-order chi connectivity index (χ1) is 6.65. The normalized spacial score (nSPS) is 14.8. The van der Waals surface area contributed by atoms with Crippen molar-refractivity contribution in [3.63, 3.8) is 0 Å². The Morgan fingerprint density at radius 2 is 2.36 bits per heavy atom. The van der Waals surface area contributed by atoms with Crippen LogP contribution in [0.3, 0.4) is 0 Å². The summed E-state index contributed by atoms with van der Waals surface area (Å²) in [6.45, 7) is 3.91. The number of rotatable bonds is 4. The molecule has 1 heterocycles. The predicted octanol–water partition coefficient (Wildman–Crippen LogP) is 1.85. The number of carbonyl (C=O) groups excluding carboxylic acids is 1. The number of hydrogen-bond donors (Lipinski definition) is 2. The van der Waals surface area contributed by atoms with Gasteiger partial charge in [-0.3, -0.25) is 10.2 Å². The molecule has 0 saturated carbocycles. The van der Waals surface area contributed by atoms with Crippen molar-refractivity contribution < 1.29 is 4.79 Å². The second kappa shape index (κ2) is 5.38. The lowest BCUT2D eigenvalue weighted by Gasteiger charge is -2.16. The molecule has 0 spiro atoms. The Bertz CT molecular complexity index is 287. The minimum absolute atomic E-state index is 0.0768. The van der Waals surface area contributed by atoms with Crippen LogP contribution in [0.15, 0.2) is 21.7 Å². The van der Waals surface area contributed by atoms with Crippen molar-refractivity contribution in [2.24, 2.45) is 11.8 Å². The molecule has 0 bridgehead atoms. The van der Waals surface area contributed by atoms with E-state index in [9.17, 15) is 4.79 Å². The first kappa shape index (κ1) is 11.6. The third kappa shape index (κ3) is 3.01. The van der Waals surface area contributed by atoms with Crippen molar-refractivity contribution in [2.45, 2.75) is 23.3 Å². The van der Waals surface area contributed by atoms with E-state index in [1.54, 1.807) is 23.1 Å². The Kier molecular flexibility index (Phi) is 4.44. The molecule has 0 aliphatic rings. The van der Waals surface area contributed by atoms with Crippen LogP contribution < -0.4 is 11.3 Å². The van der Waals surface area contributed by atoms with E-state index in [0.717, 1.165) is 0 Å². The maximum absolute atomic E-state index is 11.2. The molecule has 5 heteroatoms. The average molecular weight is 230 g/mol. The molecule has 1 amide bonds. The number of amides is 1. The SMILES string of the molecule is CC(Sc1cccs1)C(C)C(=O)NN. The van der Waals surface area contributed by atoms with Gasteiger partial charge in [0.05, 0.1) is 4.21 Å². The Balaban J connectivity index is 2.49. The maximum Gasteiger partial charge on any atom is 0.237 e. The number of hydrogen-bond acceptors (Lipinski definition) is 4. The minimum Gasteiger partial charge on any atom is -0.294 e. The molecule has 0 aromatic carbocycles. The van der Waals surface area contributed by atoms with Crippen molar-refractivity contribution in [1.29, 1.82) is 0 Å². The molecule has 1 aromatic rings. The molecule has 14 heavy (non-hydrogen) atoms. The van der Waals surface area contributed by atoms with Gasteiger partial charge in [0.1, 0.15) is 0 Å². The molecule has 1 aromatic heterocycles.